The number of rotatable bonds is 7. The van der Waals surface area contributed by atoms with Gasteiger partial charge in [0.1, 0.15) is 5.82 Å². The molecule has 1 saturated carbocycles. The first-order valence-corrected chi connectivity index (χ1v) is 11.8. The Bertz CT molecular complexity index is 938. The van der Waals surface area contributed by atoms with Crippen LogP contribution in [-0.2, 0) is 6.42 Å². The van der Waals surface area contributed by atoms with Crippen LogP contribution in [0.4, 0.5) is 17.6 Å². The van der Waals surface area contributed by atoms with Gasteiger partial charge in [0.25, 0.3) is 0 Å². The molecule has 0 bridgehead atoms. The van der Waals surface area contributed by atoms with Gasteiger partial charge in [-0.05, 0) is 66.8 Å². The van der Waals surface area contributed by atoms with Gasteiger partial charge in [-0.25, -0.2) is 17.6 Å². The zero-order valence-corrected chi connectivity index (χ0v) is 19.0. The van der Waals surface area contributed by atoms with Gasteiger partial charge in [0.15, 0.2) is 17.5 Å². The van der Waals surface area contributed by atoms with Crippen LogP contribution in [0.3, 0.4) is 0 Å². The molecule has 0 saturated heterocycles. The van der Waals surface area contributed by atoms with E-state index in [-0.39, 0.29) is 11.1 Å². The Morgan fingerprint density at radius 1 is 0.875 bits per heavy atom. The fourth-order valence-electron chi connectivity index (χ4n) is 4.82. The van der Waals surface area contributed by atoms with Crippen molar-refractivity contribution in [3.63, 3.8) is 0 Å². The van der Waals surface area contributed by atoms with Crippen LogP contribution in [0.15, 0.2) is 30.3 Å². The van der Waals surface area contributed by atoms with Crippen LogP contribution in [0.5, 0.6) is 0 Å². The minimum atomic E-state index is -1.54. The minimum Gasteiger partial charge on any atom is -0.206 e. The third-order valence-electron chi connectivity index (χ3n) is 6.83. The van der Waals surface area contributed by atoms with Gasteiger partial charge in [0.05, 0.1) is 5.56 Å². The molecule has 1 aliphatic rings. The molecule has 0 heterocycles. The highest BCUT2D eigenvalue weighted by atomic mass is 19.2. The van der Waals surface area contributed by atoms with E-state index in [1.165, 1.54) is 57.4 Å². The summed E-state index contributed by atoms with van der Waals surface area (Å²) < 4.78 is 54.2. The number of hydrogen-bond acceptors (Lipinski definition) is 0. The second-order valence-electron chi connectivity index (χ2n) is 9.28. The minimum absolute atomic E-state index is 0.0382. The Kier molecular flexibility index (Phi) is 8.79. The second kappa shape index (κ2) is 11.5. The molecule has 0 radical (unpaired) electrons. The highest BCUT2D eigenvalue weighted by Crippen LogP contribution is 2.37. The standard InChI is InChI=1S/C28H32F4/c1-3-4-5-6-20-7-11-23(12-8-20)19(2)15-21-9-13-24(25(29)16-21)14-10-22-17-26(30)28(32)27(31)18-22/h9,13,16-20,23H,3-8,11-12,15H2,1-2H3. The number of hydrogen-bond donors (Lipinski definition) is 0. The smallest absolute Gasteiger partial charge is 0.194 e. The van der Waals surface area contributed by atoms with Crippen molar-refractivity contribution in [3.05, 3.63) is 70.3 Å². The van der Waals surface area contributed by atoms with Crippen LogP contribution in [0.1, 0.15) is 81.9 Å². The van der Waals surface area contributed by atoms with Gasteiger partial charge in [0, 0.05) is 5.56 Å². The highest BCUT2D eigenvalue weighted by molar-refractivity contribution is 5.44. The maximum absolute atomic E-state index is 14.6. The van der Waals surface area contributed by atoms with Gasteiger partial charge in [-0.2, -0.15) is 0 Å². The van der Waals surface area contributed by atoms with Crippen molar-refractivity contribution in [2.45, 2.75) is 71.6 Å². The quantitative estimate of drug-likeness (QED) is 0.175. The van der Waals surface area contributed by atoms with Crippen molar-refractivity contribution in [2.75, 3.05) is 0 Å². The van der Waals surface area contributed by atoms with Crippen LogP contribution in [0.25, 0.3) is 0 Å². The summed E-state index contributed by atoms with van der Waals surface area (Å²) in [5, 5.41) is 0. The lowest BCUT2D eigenvalue weighted by Gasteiger charge is -2.32. The Hall–Kier alpha value is -2.28. The fourth-order valence-corrected chi connectivity index (χ4v) is 4.82. The molecule has 32 heavy (non-hydrogen) atoms. The Labute approximate surface area is 189 Å². The molecule has 172 valence electrons. The summed E-state index contributed by atoms with van der Waals surface area (Å²) in [4.78, 5) is 0. The monoisotopic (exact) mass is 444 g/mol. The summed E-state index contributed by atoms with van der Waals surface area (Å²) in [6, 6.07) is 6.58. The number of benzene rings is 2. The molecule has 0 N–H and O–H groups in total. The SMILES string of the molecule is CCCCCC1CCC(C(C)Cc2ccc(C#Cc3cc(F)c(F)c(F)c3)c(F)c2)CC1. The highest BCUT2D eigenvalue weighted by Gasteiger charge is 2.25. The van der Waals surface area contributed by atoms with Gasteiger partial charge < -0.3 is 0 Å². The first kappa shape index (κ1) is 24.4. The molecule has 0 nitrogen and oxygen atoms in total. The van der Waals surface area contributed by atoms with Crippen LogP contribution in [-0.4, -0.2) is 0 Å². The fraction of sp³-hybridized carbons (Fsp3) is 0.500. The summed E-state index contributed by atoms with van der Waals surface area (Å²) in [6.45, 7) is 4.50. The maximum Gasteiger partial charge on any atom is 0.194 e. The largest absolute Gasteiger partial charge is 0.206 e. The Morgan fingerprint density at radius 2 is 1.56 bits per heavy atom. The lowest BCUT2D eigenvalue weighted by molar-refractivity contribution is 0.204. The zero-order chi connectivity index (χ0) is 23.1. The first-order valence-electron chi connectivity index (χ1n) is 11.8. The molecule has 2 aromatic carbocycles. The molecule has 2 aromatic rings. The number of halogens is 4. The van der Waals surface area contributed by atoms with Crippen LogP contribution < -0.4 is 0 Å². The summed E-state index contributed by atoms with van der Waals surface area (Å²) >= 11 is 0. The molecule has 3 rings (SSSR count). The van der Waals surface area contributed by atoms with Gasteiger partial charge >= 0.3 is 0 Å². The van der Waals surface area contributed by atoms with Gasteiger partial charge in [-0.1, -0.05) is 70.3 Å². The van der Waals surface area contributed by atoms with E-state index in [0.29, 0.717) is 11.8 Å². The van der Waals surface area contributed by atoms with Crippen molar-refractivity contribution in [1.29, 1.82) is 0 Å². The molecule has 1 aliphatic carbocycles. The molecule has 0 amide bonds. The third kappa shape index (κ3) is 6.61. The van der Waals surface area contributed by atoms with Gasteiger partial charge in [0.2, 0.25) is 0 Å². The van der Waals surface area contributed by atoms with E-state index >= 15 is 0 Å². The molecule has 0 spiro atoms. The van der Waals surface area contributed by atoms with E-state index in [1.807, 2.05) is 6.07 Å². The van der Waals surface area contributed by atoms with Crippen molar-refractivity contribution >= 4 is 0 Å². The Morgan fingerprint density at radius 3 is 2.19 bits per heavy atom. The molecule has 1 fully saturated rings. The maximum atomic E-state index is 14.6. The zero-order valence-electron chi connectivity index (χ0n) is 19.0. The molecule has 4 heteroatoms. The molecule has 0 aromatic heterocycles. The van der Waals surface area contributed by atoms with Crippen LogP contribution >= 0.6 is 0 Å². The normalized spacial score (nSPS) is 19.3. The average Bonchev–Trinajstić information content (AvgIpc) is 2.77. The van der Waals surface area contributed by atoms with E-state index in [4.69, 9.17) is 0 Å². The van der Waals surface area contributed by atoms with E-state index < -0.39 is 23.3 Å². The molecular formula is C28H32F4. The summed E-state index contributed by atoms with van der Waals surface area (Å²) in [5.74, 6) is 2.54. The van der Waals surface area contributed by atoms with Crippen molar-refractivity contribution in [1.82, 2.24) is 0 Å². The van der Waals surface area contributed by atoms with Gasteiger partial charge in [-0.15, -0.1) is 0 Å². The van der Waals surface area contributed by atoms with Crippen LogP contribution in [0.2, 0.25) is 0 Å². The predicted octanol–water partition coefficient (Wildman–Crippen LogP) is 8.21. The van der Waals surface area contributed by atoms with E-state index in [2.05, 4.69) is 25.7 Å². The predicted molar refractivity (Wildman–Crippen MR) is 121 cm³/mol. The van der Waals surface area contributed by atoms with Crippen molar-refractivity contribution in [3.8, 4) is 11.8 Å². The van der Waals surface area contributed by atoms with E-state index in [0.717, 1.165) is 30.0 Å². The van der Waals surface area contributed by atoms with E-state index in [9.17, 15) is 17.6 Å². The number of unbranched alkanes of at least 4 members (excludes halogenated alkanes) is 2. The molecule has 1 unspecified atom stereocenters. The molecule has 0 aliphatic heterocycles. The third-order valence-corrected chi connectivity index (χ3v) is 6.83. The van der Waals surface area contributed by atoms with Crippen molar-refractivity contribution < 1.29 is 17.6 Å². The van der Waals surface area contributed by atoms with Crippen molar-refractivity contribution in [2.24, 2.45) is 17.8 Å². The lowest BCUT2D eigenvalue weighted by atomic mass is 9.73. The summed E-state index contributed by atoms with van der Waals surface area (Å²) in [5.41, 5.74) is 1.05. The van der Waals surface area contributed by atoms with E-state index in [1.54, 1.807) is 6.07 Å². The lowest BCUT2D eigenvalue weighted by Crippen LogP contribution is -2.21. The first-order chi connectivity index (χ1) is 15.4. The molecular weight excluding hydrogens is 412 g/mol. The second-order valence-corrected chi connectivity index (χ2v) is 9.28. The summed E-state index contributed by atoms with van der Waals surface area (Å²) in [7, 11) is 0. The molecule has 1 atom stereocenters. The Balaban J connectivity index is 1.57. The summed E-state index contributed by atoms with van der Waals surface area (Å²) in [6.07, 6.45) is 11.3. The van der Waals surface area contributed by atoms with Gasteiger partial charge in [-0.3, -0.25) is 0 Å². The van der Waals surface area contributed by atoms with Crippen LogP contribution in [0, 0.1) is 52.9 Å². The topological polar surface area (TPSA) is 0 Å². The average molecular weight is 445 g/mol.